The number of halogens is 1. The van der Waals surface area contributed by atoms with Crippen molar-refractivity contribution >= 4 is 33.5 Å². The quantitative estimate of drug-likeness (QED) is 0.541. The van der Waals surface area contributed by atoms with E-state index in [1.165, 1.54) is 17.3 Å². The Bertz CT molecular complexity index is 825. The topological polar surface area (TPSA) is 53.8 Å². The Balaban J connectivity index is 1.82. The second-order valence-corrected chi connectivity index (χ2v) is 7.75. The summed E-state index contributed by atoms with van der Waals surface area (Å²) in [5, 5.41) is 10.3. The lowest BCUT2D eigenvalue weighted by Crippen LogP contribution is -2.11. The molecule has 3 nitrogen and oxygen atoms in total. The van der Waals surface area contributed by atoms with Crippen LogP contribution in [0.5, 0.6) is 0 Å². The lowest BCUT2D eigenvalue weighted by molar-refractivity contribution is 0.102. The van der Waals surface area contributed by atoms with E-state index in [2.05, 4.69) is 27.0 Å². The van der Waals surface area contributed by atoms with Crippen molar-refractivity contribution in [1.82, 2.24) is 4.98 Å². The fourth-order valence-electron chi connectivity index (χ4n) is 3.06. The van der Waals surface area contributed by atoms with Gasteiger partial charge in [-0.1, -0.05) is 39.8 Å². The van der Waals surface area contributed by atoms with Gasteiger partial charge in [0.25, 0.3) is 0 Å². The van der Waals surface area contributed by atoms with Gasteiger partial charge in [0.1, 0.15) is 11.1 Å². The second-order valence-electron chi connectivity index (χ2n) is 5.87. The minimum absolute atomic E-state index is 0.0496. The molecule has 0 aliphatic heterocycles. The van der Waals surface area contributed by atoms with Crippen LogP contribution in [0.3, 0.4) is 0 Å². The summed E-state index contributed by atoms with van der Waals surface area (Å²) in [5.41, 5.74) is 4.74. The first-order valence-corrected chi connectivity index (χ1v) is 9.72. The molecule has 1 aliphatic rings. The lowest BCUT2D eigenvalue weighted by Gasteiger charge is -2.20. The molecule has 0 atom stereocenters. The number of nitriles is 1. The van der Waals surface area contributed by atoms with Gasteiger partial charge in [-0.25, -0.2) is 4.98 Å². The highest BCUT2D eigenvalue weighted by atomic mass is 79.9. The van der Waals surface area contributed by atoms with Crippen LogP contribution < -0.4 is 0 Å². The number of carbonyl (C=O) groups is 1. The average molecular weight is 401 g/mol. The highest BCUT2D eigenvalue weighted by Gasteiger charge is 2.21. The number of ketones is 1. The second kappa shape index (κ2) is 7.50. The van der Waals surface area contributed by atoms with Crippen LogP contribution in [-0.2, 0) is 12.8 Å². The van der Waals surface area contributed by atoms with E-state index in [9.17, 15) is 10.1 Å². The first kappa shape index (κ1) is 17.2. The van der Waals surface area contributed by atoms with Crippen LogP contribution in [0.25, 0.3) is 0 Å². The number of benzene rings is 1. The summed E-state index contributed by atoms with van der Waals surface area (Å²) in [5.74, 6) is 0.343. The largest absolute Gasteiger partial charge is 0.293 e. The Morgan fingerprint density at radius 1 is 1.25 bits per heavy atom. The van der Waals surface area contributed by atoms with Crippen LogP contribution in [0.2, 0.25) is 0 Å². The Morgan fingerprint density at radius 2 is 1.92 bits per heavy atom. The number of nitrogens with zero attached hydrogens (tertiary/aromatic N) is 2. The van der Waals surface area contributed by atoms with Gasteiger partial charge in [-0.05, 0) is 55.9 Å². The van der Waals surface area contributed by atoms with Crippen molar-refractivity contribution in [3.8, 4) is 6.07 Å². The molecular weight excluding hydrogens is 384 g/mol. The van der Waals surface area contributed by atoms with E-state index in [-0.39, 0.29) is 5.78 Å². The van der Waals surface area contributed by atoms with Gasteiger partial charge in [0.05, 0.1) is 11.3 Å². The summed E-state index contributed by atoms with van der Waals surface area (Å²) in [6.07, 6.45) is 4.23. The Labute approximate surface area is 154 Å². The van der Waals surface area contributed by atoms with Gasteiger partial charge in [0.2, 0.25) is 0 Å². The van der Waals surface area contributed by atoms with Gasteiger partial charge < -0.3 is 0 Å². The fraction of sp³-hybridized carbons (Fsp3) is 0.316. The molecule has 1 aromatic heterocycles. The number of hydrogen-bond donors (Lipinski definition) is 0. The molecular formula is C19H17BrN2OS. The standard InChI is InChI=1S/C19H17BrN2OS/c1-12-15-4-2-3-5-16(15)17(10-21)19(22-12)24-11-18(23)13-6-8-14(20)9-7-13/h6-9H,2-5,11H2,1H3. The summed E-state index contributed by atoms with van der Waals surface area (Å²) in [6, 6.07) is 9.66. The molecule has 1 aromatic carbocycles. The van der Waals surface area contributed by atoms with Crippen LogP contribution in [0.15, 0.2) is 33.8 Å². The van der Waals surface area contributed by atoms with Crippen molar-refractivity contribution in [2.75, 3.05) is 5.75 Å². The molecule has 0 fully saturated rings. The molecule has 0 N–H and O–H groups in total. The maximum atomic E-state index is 12.4. The highest BCUT2D eigenvalue weighted by molar-refractivity contribution is 9.10. The number of aromatic nitrogens is 1. The third kappa shape index (κ3) is 3.55. The van der Waals surface area contributed by atoms with E-state index >= 15 is 0 Å². The van der Waals surface area contributed by atoms with Crippen molar-refractivity contribution in [3.05, 3.63) is 56.7 Å². The van der Waals surface area contributed by atoms with Crippen molar-refractivity contribution < 1.29 is 4.79 Å². The van der Waals surface area contributed by atoms with E-state index < -0.39 is 0 Å². The number of Topliss-reactive ketones (excluding diaryl/α,β-unsaturated/α-hetero) is 1. The smallest absolute Gasteiger partial charge is 0.173 e. The molecule has 0 saturated heterocycles. The van der Waals surface area contributed by atoms with Crippen LogP contribution in [0, 0.1) is 18.3 Å². The van der Waals surface area contributed by atoms with E-state index in [4.69, 9.17) is 0 Å². The van der Waals surface area contributed by atoms with Gasteiger partial charge >= 0.3 is 0 Å². The predicted octanol–water partition coefficient (Wildman–Crippen LogP) is 4.88. The summed E-state index contributed by atoms with van der Waals surface area (Å²) >= 11 is 4.74. The van der Waals surface area contributed by atoms with E-state index in [1.807, 2.05) is 31.2 Å². The van der Waals surface area contributed by atoms with Gasteiger partial charge in [0.15, 0.2) is 5.78 Å². The third-order valence-electron chi connectivity index (χ3n) is 4.31. The number of pyridine rings is 1. The van der Waals surface area contributed by atoms with Crippen LogP contribution in [0.1, 0.15) is 45.6 Å². The number of hydrogen-bond acceptors (Lipinski definition) is 4. The number of fused-ring (bicyclic) bond motifs is 1. The first-order chi connectivity index (χ1) is 11.6. The average Bonchev–Trinajstić information content (AvgIpc) is 2.60. The maximum absolute atomic E-state index is 12.4. The van der Waals surface area contributed by atoms with Crippen molar-refractivity contribution in [2.45, 2.75) is 37.6 Å². The minimum Gasteiger partial charge on any atom is -0.293 e. The summed E-state index contributed by atoms with van der Waals surface area (Å²) in [4.78, 5) is 17.0. The summed E-state index contributed by atoms with van der Waals surface area (Å²) in [7, 11) is 0. The zero-order chi connectivity index (χ0) is 17.1. The van der Waals surface area contributed by atoms with Crippen molar-refractivity contribution in [3.63, 3.8) is 0 Å². The van der Waals surface area contributed by atoms with Crippen molar-refractivity contribution in [1.29, 1.82) is 5.26 Å². The molecule has 0 saturated carbocycles. The van der Waals surface area contributed by atoms with Gasteiger partial charge in [-0.15, -0.1) is 0 Å². The molecule has 1 heterocycles. The molecule has 0 spiro atoms. The normalized spacial score (nSPS) is 13.2. The lowest BCUT2D eigenvalue weighted by atomic mass is 9.88. The molecule has 5 heteroatoms. The zero-order valence-electron chi connectivity index (χ0n) is 13.4. The molecule has 0 unspecified atom stereocenters. The SMILES string of the molecule is Cc1nc(SCC(=O)c2ccc(Br)cc2)c(C#N)c2c1CCCC2. The monoisotopic (exact) mass is 400 g/mol. The van der Waals surface area contributed by atoms with Crippen LogP contribution in [0.4, 0.5) is 0 Å². The number of thioether (sulfide) groups is 1. The van der Waals surface area contributed by atoms with Gasteiger partial charge in [0, 0.05) is 15.7 Å². The third-order valence-corrected chi connectivity index (χ3v) is 5.81. The molecule has 24 heavy (non-hydrogen) atoms. The molecule has 0 radical (unpaired) electrons. The molecule has 2 aromatic rings. The summed E-state index contributed by atoms with van der Waals surface area (Å²) in [6.45, 7) is 2.01. The van der Waals surface area contributed by atoms with Crippen LogP contribution >= 0.6 is 27.7 Å². The van der Waals surface area contributed by atoms with Gasteiger partial charge in [-0.2, -0.15) is 5.26 Å². The minimum atomic E-state index is 0.0496. The highest BCUT2D eigenvalue weighted by Crippen LogP contribution is 2.32. The van der Waals surface area contributed by atoms with E-state index in [0.717, 1.165) is 41.4 Å². The first-order valence-electron chi connectivity index (χ1n) is 7.94. The predicted molar refractivity (Wildman–Crippen MR) is 99.5 cm³/mol. The Morgan fingerprint density at radius 3 is 2.58 bits per heavy atom. The number of aryl methyl sites for hydroxylation is 1. The number of rotatable bonds is 4. The molecule has 0 amide bonds. The van der Waals surface area contributed by atoms with Crippen LogP contribution in [-0.4, -0.2) is 16.5 Å². The van der Waals surface area contributed by atoms with Crippen molar-refractivity contribution in [2.24, 2.45) is 0 Å². The summed E-state index contributed by atoms with van der Waals surface area (Å²) < 4.78 is 0.949. The van der Waals surface area contributed by atoms with E-state index in [0.29, 0.717) is 21.9 Å². The molecule has 3 rings (SSSR count). The Kier molecular flexibility index (Phi) is 5.37. The Hall–Kier alpha value is -1.64. The maximum Gasteiger partial charge on any atom is 0.173 e. The number of carbonyl (C=O) groups excluding carboxylic acids is 1. The van der Waals surface area contributed by atoms with E-state index in [1.54, 1.807) is 0 Å². The zero-order valence-corrected chi connectivity index (χ0v) is 15.8. The molecule has 122 valence electrons. The fourth-order valence-corrected chi connectivity index (χ4v) is 4.27. The molecule has 0 bridgehead atoms. The molecule has 1 aliphatic carbocycles. The van der Waals surface area contributed by atoms with Gasteiger partial charge in [-0.3, -0.25) is 4.79 Å².